The second-order valence-corrected chi connectivity index (χ2v) is 12.3. The van der Waals surface area contributed by atoms with Crippen LogP contribution < -0.4 is 9.62 Å². The number of hydrogen-bond donors (Lipinski definition) is 1. The van der Waals surface area contributed by atoms with E-state index in [-0.39, 0.29) is 34.5 Å². The molecular formula is C33H33ClFN3O4S. The molecule has 0 aromatic heterocycles. The van der Waals surface area contributed by atoms with E-state index in [1.54, 1.807) is 25.1 Å². The van der Waals surface area contributed by atoms with Gasteiger partial charge in [-0.2, -0.15) is 0 Å². The molecular weight excluding hydrogens is 589 g/mol. The maximum absolute atomic E-state index is 14.3. The van der Waals surface area contributed by atoms with Gasteiger partial charge in [-0.05, 0) is 55.3 Å². The molecule has 0 saturated heterocycles. The van der Waals surface area contributed by atoms with E-state index in [2.05, 4.69) is 5.32 Å². The summed E-state index contributed by atoms with van der Waals surface area (Å²) in [6.07, 6.45) is 0.206. The van der Waals surface area contributed by atoms with Crippen molar-refractivity contribution in [3.05, 3.63) is 131 Å². The van der Waals surface area contributed by atoms with E-state index in [0.717, 1.165) is 27.1 Å². The number of anilines is 1. The predicted octanol–water partition coefficient (Wildman–Crippen LogP) is 5.76. The molecule has 4 aromatic carbocycles. The first kappa shape index (κ1) is 31.7. The van der Waals surface area contributed by atoms with Crippen molar-refractivity contribution in [2.45, 2.75) is 37.8 Å². The largest absolute Gasteiger partial charge is 0.355 e. The fourth-order valence-corrected chi connectivity index (χ4v) is 6.34. The Labute approximate surface area is 257 Å². The quantitative estimate of drug-likeness (QED) is 0.218. The first-order valence-corrected chi connectivity index (χ1v) is 15.6. The van der Waals surface area contributed by atoms with Gasteiger partial charge in [0.1, 0.15) is 18.4 Å². The van der Waals surface area contributed by atoms with Gasteiger partial charge in [-0.15, -0.1) is 0 Å². The number of halogens is 2. The van der Waals surface area contributed by atoms with Crippen LogP contribution in [0.15, 0.2) is 108 Å². The molecule has 43 heavy (non-hydrogen) atoms. The number of likely N-dealkylation sites (N-methyl/N-ethyl adjacent to an activating group) is 1. The maximum Gasteiger partial charge on any atom is 0.264 e. The van der Waals surface area contributed by atoms with Crippen LogP contribution in [0.5, 0.6) is 0 Å². The second kappa shape index (κ2) is 14.3. The molecule has 0 spiro atoms. The molecule has 0 bridgehead atoms. The Hall–Kier alpha value is -4.21. The minimum Gasteiger partial charge on any atom is -0.355 e. The molecule has 0 heterocycles. The lowest BCUT2D eigenvalue weighted by atomic mass is 10.0. The van der Waals surface area contributed by atoms with Gasteiger partial charge in [0.25, 0.3) is 10.0 Å². The molecule has 0 aliphatic carbocycles. The average molecular weight is 622 g/mol. The smallest absolute Gasteiger partial charge is 0.264 e. The number of benzene rings is 4. The molecule has 1 N–H and O–H groups in total. The Morgan fingerprint density at radius 1 is 0.884 bits per heavy atom. The molecule has 224 valence electrons. The third-order valence-corrected chi connectivity index (χ3v) is 8.94. The van der Waals surface area contributed by atoms with Crippen molar-refractivity contribution in [2.24, 2.45) is 0 Å². The van der Waals surface area contributed by atoms with Crippen molar-refractivity contribution in [3.63, 3.8) is 0 Å². The summed E-state index contributed by atoms with van der Waals surface area (Å²) in [5.41, 5.74) is 2.59. The van der Waals surface area contributed by atoms with Crippen molar-refractivity contribution < 1.29 is 22.4 Å². The second-order valence-electron chi connectivity index (χ2n) is 10.0. The molecule has 0 fully saturated rings. The Bertz CT molecular complexity index is 1670. The van der Waals surface area contributed by atoms with Crippen LogP contribution in [0.25, 0.3) is 0 Å². The molecule has 2 amide bonds. The van der Waals surface area contributed by atoms with E-state index >= 15 is 0 Å². The predicted molar refractivity (Wildman–Crippen MR) is 167 cm³/mol. The van der Waals surface area contributed by atoms with Gasteiger partial charge in [-0.3, -0.25) is 13.9 Å². The van der Waals surface area contributed by atoms with Gasteiger partial charge in [0.15, 0.2) is 0 Å². The van der Waals surface area contributed by atoms with Crippen molar-refractivity contribution >= 4 is 39.1 Å². The number of nitrogens with one attached hydrogen (secondary N) is 1. The van der Waals surface area contributed by atoms with E-state index in [1.165, 1.54) is 29.2 Å². The highest BCUT2D eigenvalue weighted by molar-refractivity contribution is 7.92. The van der Waals surface area contributed by atoms with Gasteiger partial charge in [0.05, 0.1) is 15.6 Å². The zero-order valence-electron chi connectivity index (χ0n) is 23.9. The van der Waals surface area contributed by atoms with E-state index in [0.29, 0.717) is 6.54 Å². The van der Waals surface area contributed by atoms with Crippen LogP contribution in [-0.4, -0.2) is 44.3 Å². The van der Waals surface area contributed by atoms with Crippen molar-refractivity contribution in [2.75, 3.05) is 17.4 Å². The van der Waals surface area contributed by atoms with Gasteiger partial charge in [-0.1, -0.05) is 90.0 Å². The van der Waals surface area contributed by atoms with Crippen LogP contribution in [0.3, 0.4) is 0 Å². The minimum absolute atomic E-state index is 0.0109. The van der Waals surface area contributed by atoms with Gasteiger partial charge in [0.2, 0.25) is 11.8 Å². The Kier molecular flexibility index (Phi) is 10.6. The topological polar surface area (TPSA) is 86.8 Å². The summed E-state index contributed by atoms with van der Waals surface area (Å²) in [6, 6.07) is 27.0. The number of carbonyl (C=O) groups is 2. The molecule has 1 atom stereocenters. The highest BCUT2D eigenvalue weighted by Gasteiger charge is 2.34. The molecule has 4 aromatic rings. The maximum atomic E-state index is 14.3. The molecule has 0 aliphatic heterocycles. The van der Waals surface area contributed by atoms with Gasteiger partial charge < -0.3 is 10.2 Å². The normalized spacial score (nSPS) is 11.9. The summed E-state index contributed by atoms with van der Waals surface area (Å²) in [6.45, 7) is 3.46. The summed E-state index contributed by atoms with van der Waals surface area (Å²) < 4.78 is 42.9. The number of hydrogen-bond acceptors (Lipinski definition) is 4. The number of nitrogens with zero attached hydrogens (tertiary/aromatic N) is 2. The standard InChI is InChI=1S/C33H33ClFN3O4S/c1-3-36-33(40)31(20-25-12-6-4-7-13-25)37(22-26-14-10-11-24(2)19-26)32(39)23-38(27-17-18-30(35)29(34)21-27)43(41,42)28-15-8-5-9-16-28/h4-19,21,31H,3,20,22-23H2,1-2H3,(H,36,40). The third-order valence-electron chi connectivity index (χ3n) is 6.86. The molecule has 4 rings (SSSR count). The Morgan fingerprint density at radius 3 is 2.16 bits per heavy atom. The van der Waals surface area contributed by atoms with Gasteiger partial charge >= 0.3 is 0 Å². The van der Waals surface area contributed by atoms with Crippen LogP contribution >= 0.6 is 11.6 Å². The summed E-state index contributed by atoms with van der Waals surface area (Å²) in [7, 11) is -4.30. The lowest BCUT2D eigenvalue weighted by Crippen LogP contribution is -2.53. The molecule has 10 heteroatoms. The summed E-state index contributed by atoms with van der Waals surface area (Å²) in [5.74, 6) is -1.71. The first-order valence-electron chi connectivity index (χ1n) is 13.8. The number of amides is 2. The molecule has 7 nitrogen and oxygen atoms in total. The zero-order chi connectivity index (χ0) is 31.0. The van der Waals surface area contributed by atoms with E-state index in [1.807, 2.05) is 61.5 Å². The van der Waals surface area contributed by atoms with E-state index in [4.69, 9.17) is 11.6 Å². The lowest BCUT2D eigenvalue weighted by molar-refractivity contribution is -0.140. The Balaban J connectivity index is 1.81. The lowest BCUT2D eigenvalue weighted by Gasteiger charge is -2.34. The molecule has 0 radical (unpaired) electrons. The molecule has 0 saturated carbocycles. The molecule has 0 aliphatic rings. The van der Waals surface area contributed by atoms with Crippen LogP contribution in [0.4, 0.5) is 10.1 Å². The van der Waals surface area contributed by atoms with Crippen LogP contribution in [-0.2, 0) is 32.6 Å². The van der Waals surface area contributed by atoms with Crippen LogP contribution in [0, 0.1) is 12.7 Å². The number of sulfonamides is 1. The fraction of sp³-hybridized carbons (Fsp3) is 0.212. The van der Waals surface area contributed by atoms with E-state index < -0.39 is 34.3 Å². The Morgan fingerprint density at radius 2 is 1.53 bits per heavy atom. The number of rotatable bonds is 12. The fourth-order valence-electron chi connectivity index (χ4n) is 4.74. The summed E-state index contributed by atoms with van der Waals surface area (Å²) in [4.78, 5) is 29.2. The number of aryl methyl sites for hydroxylation is 1. The number of carbonyl (C=O) groups excluding carboxylic acids is 2. The van der Waals surface area contributed by atoms with Gasteiger partial charge in [0, 0.05) is 19.5 Å². The van der Waals surface area contributed by atoms with Crippen molar-refractivity contribution in [3.8, 4) is 0 Å². The minimum atomic E-state index is -4.30. The zero-order valence-corrected chi connectivity index (χ0v) is 25.5. The van der Waals surface area contributed by atoms with Crippen molar-refractivity contribution in [1.82, 2.24) is 10.2 Å². The highest BCUT2D eigenvalue weighted by atomic mass is 35.5. The van der Waals surface area contributed by atoms with Gasteiger partial charge in [-0.25, -0.2) is 12.8 Å². The van der Waals surface area contributed by atoms with Crippen LogP contribution in [0.2, 0.25) is 5.02 Å². The summed E-state index contributed by atoms with van der Waals surface area (Å²) >= 11 is 6.05. The molecule has 1 unspecified atom stereocenters. The van der Waals surface area contributed by atoms with Crippen LogP contribution in [0.1, 0.15) is 23.6 Å². The summed E-state index contributed by atoms with van der Waals surface area (Å²) in [5, 5.41) is 2.54. The first-order chi connectivity index (χ1) is 20.6. The highest BCUT2D eigenvalue weighted by Crippen LogP contribution is 2.28. The monoisotopic (exact) mass is 621 g/mol. The van der Waals surface area contributed by atoms with Crippen molar-refractivity contribution in [1.29, 1.82) is 0 Å². The van der Waals surface area contributed by atoms with E-state index in [9.17, 15) is 22.4 Å². The average Bonchev–Trinajstić information content (AvgIpc) is 3.00. The SMILES string of the molecule is CCNC(=O)C(Cc1ccccc1)N(Cc1cccc(C)c1)C(=O)CN(c1ccc(F)c(Cl)c1)S(=O)(=O)c1ccccc1. The third kappa shape index (κ3) is 8.00.